The molecule has 0 aromatic carbocycles. The van der Waals surface area contributed by atoms with Crippen molar-refractivity contribution >= 4 is 5.91 Å². The summed E-state index contributed by atoms with van der Waals surface area (Å²) in [4.78, 5) is 14.1. The number of allylic oxidation sites excluding steroid dienone is 7. The van der Waals surface area contributed by atoms with Crippen molar-refractivity contribution in [1.82, 2.24) is 14.7 Å². The molecule has 0 spiro atoms. The van der Waals surface area contributed by atoms with E-state index in [9.17, 15) is 4.79 Å². The van der Waals surface area contributed by atoms with E-state index in [-0.39, 0.29) is 38.6 Å². The number of hydrogen-bond acceptors (Lipinski definition) is 2. The van der Waals surface area contributed by atoms with Crippen LogP contribution < -0.4 is 0 Å². The molecule has 0 fully saturated rings. The van der Waals surface area contributed by atoms with Gasteiger partial charge >= 0.3 is 0 Å². The van der Waals surface area contributed by atoms with E-state index in [0.717, 1.165) is 11.3 Å². The molecule has 1 radical (unpaired) electrons. The minimum absolute atomic E-state index is 0. The summed E-state index contributed by atoms with van der Waals surface area (Å²) < 4.78 is 1.74. The molecule has 2 heterocycles. The molecule has 1 aromatic heterocycles. The van der Waals surface area contributed by atoms with Gasteiger partial charge in [-0.3, -0.25) is 9.48 Å². The van der Waals surface area contributed by atoms with Gasteiger partial charge in [0.2, 0.25) is 0 Å². The molecule has 0 atom stereocenters. The van der Waals surface area contributed by atoms with Crippen LogP contribution in [0.25, 0.3) is 0 Å². The molecule has 1 aromatic rings. The second kappa shape index (κ2) is 8.25. The second-order valence-corrected chi connectivity index (χ2v) is 4.49. The normalized spacial score (nSPS) is 15.9. The number of aromatic nitrogens is 2. The van der Waals surface area contributed by atoms with Gasteiger partial charge in [0.1, 0.15) is 5.69 Å². The van der Waals surface area contributed by atoms with Crippen molar-refractivity contribution in [2.45, 2.75) is 20.4 Å². The molecular formula is C16H18N3OY-. The van der Waals surface area contributed by atoms with Gasteiger partial charge in [-0.15, -0.1) is 37.0 Å². The van der Waals surface area contributed by atoms with Gasteiger partial charge in [-0.05, 0) is 6.07 Å². The molecule has 1 amide bonds. The maximum Gasteiger partial charge on any atom is 0.268 e. The third-order valence-electron chi connectivity index (χ3n) is 3.16. The Kier molecular flexibility index (Phi) is 6.99. The fraction of sp³-hybridized carbons (Fsp3) is 0.250. The maximum absolute atomic E-state index is 12.3. The molecule has 0 aliphatic carbocycles. The molecule has 0 unspecified atom stereocenters. The van der Waals surface area contributed by atoms with Gasteiger partial charge in [0.05, 0.1) is 6.54 Å². The molecule has 0 saturated carbocycles. The van der Waals surface area contributed by atoms with E-state index in [0.29, 0.717) is 18.8 Å². The van der Waals surface area contributed by atoms with E-state index in [1.807, 2.05) is 32.1 Å². The van der Waals surface area contributed by atoms with Crippen molar-refractivity contribution < 1.29 is 37.5 Å². The smallest absolute Gasteiger partial charge is 0.268 e. The average molecular weight is 357 g/mol. The van der Waals surface area contributed by atoms with Crippen LogP contribution in [0.3, 0.4) is 0 Å². The molecule has 5 heteroatoms. The first-order valence-electron chi connectivity index (χ1n) is 6.56. The standard InChI is InChI=1S/C16H18N3O.Y/c1-4-6-14(5-2)8-7-13(3)18-11-12-19-15(16(18)20)9-10-17-19;/h4-7,9-10H,2,11-12H2,1,3H3;/q-1;/b6-4+,13-7+;. The first kappa shape index (κ1) is 17.8. The van der Waals surface area contributed by atoms with Crippen LogP contribution in [0.15, 0.2) is 54.4 Å². The molecule has 0 N–H and O–H groups in total. The number of amides is 1. The van der Waals surface area contributed by atoms with Crippen molar-refractivity contribution in [3.8, 4) is 0 Å². The second-order valence-electron chi connectivity index (χ2n) is 4.49. The Balaban J connectivity index is 0.00000220. The third-order valence-corrected chi connectivity index (χ3v) is 3.16. The van der Waals surface area contributed by atoms with Gasteiger partial charge in [0, 0.05) is 45.5 Å². The number of fused-ring (bicyclic) bond motifs is 1. The number of carbonyl (C=O) groups excluding carboxylic acids is 1. The molecule has 0 bridgehead atoms. The molecule has 107 valence electrons. The SMILES string of the molecule is C=CC(=[C-]\C=C(/C)N1CCn2nccc2C1=O)/C=C/C.[Y]. The van der Waals surface area contributed by atoms with Crippen molar-refractivity contribution in [3.63, 3.8) is 0 Å². The van der Waals surface area contributed by atoms with Crippen molar-refractivity contribution in [1.29, 1.82) is 0 Å². The van der Waals surface area contributed by atoms with Gasteiger partial charge in [-0.1, -0.05) is 19.5 Å². The number of carbonyl (C=O) groups is 1. The van der Waals surface area contributed by atoms with E-state index in [2.05, 4.69) is 17.8 Å². The molecule has 0 saturated heterocycles. The molecule has 21 heavy (non-hydrogen) atoms. The van der Waals surface area contributed by atoms with Crippen LogP contribution in [0.5, 0.6) is 0 Å². The summed E-state index contributed by atoms with van der Waals surface area (Å²) in [5.41, 5.74) is 2.39. The monoisotopic (exact) mass is 357 g/mol. The predicted molar refractivity (Wildman–Crippen MR) is 78.8 cm³/mol. The summed E-state index contributed by atoms with van der Waals surface area (Å²) in [7, 11) is 0. The van der Waals surface area contributed by atoms with E-state index >= 15 is 0 Å². The van der Waals surface area contributed by atoms with Crippen LogP contribution in [-0.4, -0.2) is 27.1 Å². The average Bonchev–Trinajstić information content (AvgIpc) is 2.93. The molecule has 2 rings (SSSR count). The quantitative estimate of drug-likeness (QED) is 0.614. The predicted octanol–water partition coefficient (Wildman–Crippen LogP) is 2.73. The van der Waals surface area contributed by atoms with Crippen LogP contribution in [0, 0.1) is 6.08 Å². The summed E-state index contributed by atoms with van der Waals surface area (Å²) in [5, 5.41) is 4.12. The van der Waals surface area contributed by atoms with E-state index < -0.39 is 0 Å². The first-order valence-corrected chi connectivity index (χ1v) is 6.56. The molecule has 1 aliphatic rings. The maximum atomic E-state index is 12.3. The minimum Gasteiger partial charge on any atom is -0.349 e. The van der Waals surface area contributed by atoms with Crippen molar-refractivity contribution in [3.05, 3.63) is 66.2 Å². The zero-order chi connectivity index (χ0) is 14.5. The van der Waals surface area contributed by atoms with Crippen LogP contribution in [-0.2, 0) is 39.3 Å². The van der Waals surface area contributed by atoms with Gasteiger partial charge in [-0.25, -0.2) is 0 Å². The first-order chi connectivity index (χ1) is 9.67. The van der Waals surface area contributed by atoms with Gasteiger partial charge in [-0.2, -0.15) is 10.7 Å². The van der Waals surface area contributed by atoms with E-state index in [4.69, 9.17) is 0 Å². The Morgan fingerprint density at radius 3 is 2.90 bits per heavy atom. The molecule has 1 aliphatic heterocycles. The number of rotatable bonds is 4. The summed E-state index contributed by atoms with van der Waals surface area (Å²) in [6.07, 6.45) is 12.2. The summed E-state index contributed by atoms with van der Waals surface area (Å²) in [6, 6.07) is 1.75. The zero-order valence-electron chi connectivity index (χ0n) is 12.4. The Morgan fingerprint density at radius 1 is 1.48 bits per heavy atom. The van der Waals surface area contributed by atoms with Crippen LogP contribution in [0.1, 0.15) is 24.3 Å². The Labute approximate surface area is 150 Å². The van der Waals surface area contributed by atoms with E-state index in [1.54, 1.807) is 27.9 Å². The van der Waals surface area contributed by atoms with Gasteiger partial charge in [0.15, 0.2) is 0 Å². The summed E-state index contributed by atoms with van der Waals surface area (Å²) in [5.74, 6) is -0.0181. The summed E-state index contributed by atoms with van der Waals surface area (Å²) in [6.45, 7) is 8.93. The Morgan fingerprint density at radius 2 is 2.24 bits per heavy atom. The van der Waals surface area contributed by atoms with Gasteiger partial charge in [0.25, 0.3) is 5.91 Å². The largest absolute Gasteiger partial charge is 0.349 e. The van der Waals surface area contributed by atoms with Crippen molar-refractivity contribution in [2.75, 3.05) is 6.54 Å². The Hall–Kier alpha value is -1.26. The molecular weight excluding hydrogens is 339 g/mol. The minimum atomic E-state index is -0.0181. The fourth-order valence-electron chi connectivity index (χ4n) is 2.08. The molecule has 4 nitrogen and oxygen atoms in total. The van der Waals surface area contributed by atoms with Gasteiger partial charge < -0.3 is 4.90 Å². The third kappa shape index (κ3) is 4.11. The summed E-state index contributed by atoms with van der Waals surface area (Å²) >= 11 is 0. The zero-order valence-corrected chi connectivity index (χ0v) is 15.3. The van der Waals surface area contributed by atoms with Crippen LogP contribution in [0.2, 0.25) is 0 Å². The van der Waals surface area contributed by atoms with Crippen LogP contribution >= 0.6 is 0 Å². The van der Waals surface area contributed by atoms with Crippen LogP contribution in [0.4, 0.5) is 0 Å². The van der Waals surface area contributed by atoms with E-state index in [1.165, 1.54) is 0 Å². The van der Waals surface area contributed by atoms with Crippen molar-refractivity contribution in [2.24, 2.45) is 0 Å². The number of hydrogen-bond donors (Lipinski definition) is 0. The number of nitrogens with zero attached hydrogens (tertiary/aromatic N) is 3. The Bertz CT molecular complexity index is 611. The topological polar surface area (TPSA) is 38.1 Å². The fourth-order valence-corrected chi connectivity index (χ4v) is 2.08.